The maximum absolute atomic E-state index is 10.7. The summed E-state index contributed by atoms with van der Waals surface area (Å²) >= 11 is 5.20. The van der Waals surface area contributed by atoms with E-state index >= 15 is 0 Å². The van der Waals surface area contributed by atoms with Gasteiger partial charge in [-0.1, -0.05) is 0 Å². The predicted molar refractivity (Wildman–Crippen MR) is 86.9 cm³/mol. The van der Waals surface area contributed by atoms with Gasteiger partial charge in [-0.3, -0.25) is 15.1 Å². The highest BCUT2D eigenvalue weighted by molar-refractivity contribution is 7.80. The molecule has 0 fully saturated rings. The van der Waals surface area contributed by atoms with Crippen molar-refractivity contribution in [1.82, 2.24) is 10.3 Å². The van der Waals surface area contributed by atoms with Crippen molar-refractivity contribution in [3.63, 3.8) is 0 Å². The second-order valence-electron chi connectivity index (χ2n) is 4.30. The van der Waals surface area contributed by atoms with Gasteiger partial charge in [0.25, 0.3) is 5.69 Å². The summed E-state index contributed by atoms with van der Waals surface area (Å²) < 4.78 is 5.14. The Kier molecular flexibility index (Phi) is 5.21. The van der Waals surface area contributed by atoms with Crippen LogP contribution in [0.5, 0.6) is 5.75 Å². The molecule has 0 amide bonds. The topological polar surface area (TPSA) is 89.3 Å². The fraction of sp³-hybridized carbons (Fsp3) is 0.143. The summed E-state index contributed by atoms with van der Waals surface area (Å²) in [6.07, 6.45) is 3.40. The van der Waals surface area contributed by atoms with Crippen LogP contribution in [-0.2, 0) is 6.54 Å². The average Bonchev–Trinajstić information content (AvgIpc) is 2.54. The lowest BCUT2D eigenvalue weighted by Crippen LogP contribution is -2.28. The molecular weight excluding hydrogens is 304 g/mol. The molecule has 0 spiro atoms. The van der Waals surface area contributed by atoms with E-state index in [4.69, 9.17) is 17.0 Å². The molecule has 2 rings (SSSR count). The van der Waals surface area contributed by atoms with Crippen LogP contribution in [-0.4, -0.2) is 22.1 Å². The molecule has 0 aliphatic carbocycles. The van der Waals surface area contributed by atoms with Gasteiger partial charge in [-0.05, 0) is 36.0 Å². The summed E-state index contributed by atoms with van der Waals surface area (Å²) in [6, 6.07) is 8.03. The molecule has 0 saturated carbocycles. The van der Waals surface area contributed by atoms with Crippen molar-refractivity contribution in [2.45, 2.75) is 6.54 Å². The van der Waals surface area contributed by atoms with E-state index < -0.39 is 4.92 Å². The molecule has 2 aromatic rings. The maximum Gasteiger partial charge on any atom is 0.273 e. The third-order valence-corrected chi connectivity index (χ3v) is 3.09. The number of rotatable bonds is 5. The van der Waals surface area contributed by atoms with Gasteiger partial charge in [0, 0.05) is 25.0 Å². The van der Waals surface area contributed by atoms with Gasteiger partial charge in [0.05, 0.1) is 23.8 Å². The van der Waals surface area contributed by atoms with Crippen molar-refractivity contribution in [3.05, 3.63) is 58.4 Å². The minimum absolute atomic E-state index is 0.0435. The molecular formula is C14H14N4O3S. The number of benzene rings is 1. The third kappa shape index (κ3) is 4.13. The third-order valence-electron chi connectivity index (χ3n) is 2.85. The number of hydrogen-bond donors (Lipinski definition) is 2. The minimum Gasteiger partial charge on any atom is -0.494 e. The van der Waals surface area contributed by atoms with Crippen molar-refractivity contribution in [2.75, 3.05) is 12.4 Å². The molecule has 0 aliphatic heterocycles. The first kappa shape index (κ1) is 15.6. The average molecular weight is 318 g/mol. The SMILES string of the molecule is COc1cc([N+](=O)[O-])ccc1NC(=S)NCc1ccncc1. The molecule has 0 saturated heterocycles. The van der Waals surface area contributed by atoms with Gasteiger partial charge in [-0.2, -0.15) is 0 Å². The largest absolute Gasteiger partial charge is 0.494 e. The number of nitro benzene ring substituents is 1. The molecule has 1 heterocycles. The van der Waals surface area contributed by atoms with Crippen LogP contribution in [0.4, 0.5) is 11.4 Å². The number of hydrogen-bond acceptors (Lipinski definition) is 5. The van der Waals surface area contributed by atoms with E-state index in [1.165, 1.54) is 19.2 Å². The maximum atomic E-state index is 10.7. The van der Waals surface area contributed by atoms with E-state index in [1.807, 2.05) is 12.1 Å². The van der Waals surface area contributed by atoms with Crippen molar-refractivity contribution >= 4 is 28.7 Å². The molecule has 0 bridgehead atoms. The number of pyridine rings is 1. The number of ether oxygens (including phenoxy) is 1. The Morgan fingerprint density at radius 2 is 2.09 bits per heavy atom. The Morgan fingerprint density at radius 3 is 2.73 bits per heavy atom. The molecule has 8 heteroatoms. The molecule has 1 aromatic carbocycles. The monoisotopic (exact) mass is 318 g/mol. The first-order chi connectivity index (χ1) is 10.6. The highest BCUT2D eigenvalue weighted by Gasteiger charge is 2.12. The van der Waals surface area contributed by atoms with Crippen molar-refractivity contribution in [3.8, 4) is 5.75 Å². The summed E-state index contributed by atoms with van der Waals surface area (Å²) in [5.74, 6) is 0.349. The number of nitrogens with zero attached hydrogens (tertiary/aromatic N) is 2. The summed E-state index contributed by atoms with van der Waals surface area (Å²) in [5, 5.41) is 17.1. The summed E-state index contributed by atoms with van der Waals surface area (Å²) in [6.45, 7) is 0.545. The second-order valence-corrected chi connectivity index (χ2v) is 4.71. The number of non-ortho nitro benzene ring substituents is 1. The van der Waals surface area contributed by atoms with Gasteiger partial charge in [0.2, 0.25) is 0 Å². The second kappa shape index (κ2) is 7.32. The van der Waals surface area contributed by atoms with Gasteiger partial charge in [-0.15, -0.1) is 0 Å². The van der Waals surface area contributed by atoms with Crippen LogP contribution in [0, 0.1) is 10.1 Å². The van der Waals surface area contributed by atoms with Crippen LogP contribution in [0.15, 0.2) is 42.7 Å². The Hall–Kier alpha value is -2.74. The first-order valence-electron chi connectivity index (χ1n) is 6.36. The molecule has 7 nitrogen and oxygen atoms in total. The number of nitro groups is 1. The van der Waals surface area contributed by atoms with Crippen molar-refractivity contribution in [2.24, 2.45) is 0 Å². The van der Waals surface area contributed by atoms with Crippen molar-refractivity contribution in [1.29, 1.82) is 0 Å². The Morgan fingerprint density at radius 1 is 1.36 bits per heavy atom. The number of aromatic nitrogens is 1. The highest BCUT2D eigenvalue weighted by atomic mass is 32.1. The van der Waals surface area contributed by atoms with Gasteiger partial charge in [0.1, 0.15) is 5.75 Å². The number of nitrogens with one attached hydrogen (secondary N) is 2. The molecule has 2 N–H and O–H groups in total. The Bertz CT molecular complexity index is 679. The molecule has 0 unspecified atom stereocenters. The van der Waals surface area contributed by atoms with Crippen LogP contribution in [0.3, 0.4) is 0 Å². The van der Waals surface area contributed by atoms with Crippen molar-refractivity contribution < 1.29 is 9.66 Å². The van der Waals surface area contributed by atoms with Gasteiger partial charge in [0.15, 0.2) is 5.11 Å². The van der Waals surface area contributed by atoms with E-state index in [9.17, 15) is 10.1 Å². The van der Waals surface area contributed by atoms with E-state index in [0.29, 0.717) is 23.1 Å². The zero-order valence-electron chi connectivity index (χ0n) is 11.8. The molecule has 1 aromatic heterocycles. The first-order valence-corrected chi connectivity index (χ1v) is 6.77. The van der Waals surface area contributed by atoms with E-state index in [0.717, 1.165) is 5.56 Å². The van der Waals surface area contributed by atoms with E-state index in [-0.39, 0.29) is 5.69 Å². The molecule has 22 heavy (non-hydrogen) atoms. The molecule has 0 aliphatic rings. The number of anilines is 1. The number of thiocarbonyl (C=S) groups is 1. The number of methoxy groups -OCH3 is 1. The quantitative estimate of drug-likeness (QED) is 0.497. The zero-order valence-corrected chi connectivity index (χ0v) is 12.6. The fourth-order valence-corrected chi connectivity index (χ4v) is 1.93. The van der Waals surface area contributed by atoms with E-state index in [1.54, 1.807) is 18.5 Å². The lowest BCUT2D eigenvalue weighted by Gasteiger charge is -2.13. The standard InChI is InChI=1S/C14H14N4O3S/c1-21-13-8-11(18(19)20)2-3-12(13)17-14(22)16-9-10-4-6-15-7-5-10/h2-8H,9H2,1H3,(H2,16,17,22). The van der Waals surface area contributed by atoms with Crippen LogP contribution >= 0.6 is 12.2 Å². The molecule has 114 valence electrons. The Balaban J connectivity index is 2.00. The van der Waals surface area contributed by atoms with Crippen LogP contribution < -0.4 is 15.4 Å². The smallest absolute Gasteiger partial charge is 0.273 e. The summed E-state index contributed by atoms with van der Waals surface area (Å²) in [5.41, 5.74) is 1.55. The van der Waals surface area contributed by atoms with Gasteiger partial charge >= 0.3 is 0 Å². The normalized spacial score (nSPS) is 9.86. The van der Waals surface area contributed by atoms with Crippen LogP contribution in [0.2, 0.25) is 0 Å². The van der Waals surface area contributed by atoms with Gasteiger partial charge in [-0.25, -0.2) is 0 Å². The summed E-state index contributed by atoms with van der Waals surface area (Å²) in [7, 11) is 1.44. The lowest BCUT2D eigenvalue weighted by molar-refractivity contribution is -0.384. The Labute approximate surface area is 132 Å². The van der Waals surface area contributed by atoms with E-state index in [2.05, 4.69) is 15.6 Å². The van der Waals surface area contributed by atoms with Gasteiger partial charge < -0.3 is 15.4 Å². The summed E-state index contributed by atoms with van der Waals surface area (Å²) in [4.78, 5) is 14.2. The van der Waals surface area contributed by atoms with Crippen LogP contribution in [0.1, 0.15) is 5.56 Å². The lowest BCUT2D eigenvalue weighted by atomic mass is 10.2. The minimum atomic E-state index is -0.480. The fourth-order valence-electron chi connectivity index (χ4n) is 1.75. The zero-order chi connectivity index (χ0) is 15.9. The predicted octanol–water partition coefficient (Wildman–Crippen LogP) is 2.49. The molecule has 0 atom stereocenters. The molecule has 0 radical (unpaired) electrons. The van der Waals surface area contributed by atoms with Crippen LogP contribution in [0.25, 0.3) is 0 Å². The highest BCUT2D eigenvalue weighted by Crippen LogP contribution is 2.28.